The van der Waals surface area contributed by atoms with Gasteiger partial charge in [0, 0.05) is 10.6 Å². The van der Waals surface area contributed by atoms with Crippen LogP contribution in [0.2, 0.25) is 5.02 Å². The lowest BCUT2D eigenvalue weighted by molar-refractivity contribution is -0.136. The predicted molar refractivity (Wildman–Crippen MR) is 61.7 cm³/mol. The monoisotopic (exact) mass is 224 g/mol. The van der Waals surface area contributed by atoms with Crippen LogP contribution in [0.25, 0.3) is 5.57 Å². The Bertz CT molecular complexity index is 383. The zero-order valence-electron chi connectivity index (χ0n) is 8.79. The van der Waals surface area contributed by atoms with E-state index in [1.54, 1.807) is 32.1 Å². The van der Waals surface area contributed by atoms with Crippen LogP contribution in [0.1, 0.15) is 19.4 Å². The van der Waals surface area contributed by atoms with Crippen LogP contribution < -0.4 is 0 Å². The van der Waals surface area contributed by atoms with Gasteiger partial charge in [0.05, 0.1) is 12.2 Å². The zero-order valence-corrected chi connectivity index (χ0v) is 9.54. The molecule has 15 heavy (non-hydrogen) atoms. The first-order chi connectivity index (χ1) is 7.20. The van der Waals surface area contributed by atoms with Gasteiger partial charge < -0.3 is 4.74 Å². The minimum absolute atomic E-state index is 0.340. The third kappa shape index (κ3) is 2.83. The molecule has 1 aromatic carbocycles. The third-order valence-corrected chi connectivity index (χ3v) is 2.28. The van der Waals surface area contributed by atoms with E-state index in [4.69, 9.17) is 16.3 Å². The molecule has 0 amide bonds. The molecular formula is C12H13ClO2. The number of hydrogen-bond acceptors (Lipinski definition) is 2. The smallest absolute Gasteiger partial charge is 0.338 e. The molecule has 0 aromatic heterocycles. The van der Waals surface area contributed by atoms with Crippen molar-refractivity contribution in [3.63, 3.8) is 0 Å². The molecule has 0 heterocycles. The van der Waals surface area contributed by atoms with Gasteiger partial charge in [-0.25, -0.2) is 4.79 Å². The first kappa shape index (κ1) is 11.8. The highest BCUT2D eigenvalue weighted by Crippen LogP contribution is 2.24. The van der Waals surface area contributed by atoms with Crippen LogP contribution in [0.3, 0.4) is 0 Å². The Hall–Kier alpha value is -1.28. The lowest BCUT2D eigenvalue weighted by Crippen LogP contribution is -2.06. The summed E-state index contributed by atoms with van der Waals surface area (Å²) in [5, 5.41) is 0.554. The van der Waals surface area contributed by atoms with Gasteiger partial charge in [0.15, 0.2) is 0 Å². The van der Waals surface area contributed by atoms with E-state index in [-0.39, 0.29) is 5.97 Å². The van der Waals surface area contributed by atoms with Gasteiger partial charge in [-0.1, -0.05) is 35.9 Å². The van der Waals surface area contributed by atoms with Gasteiger partial charge in [-0.3, -0.25) is 0 Å². The van der Waals surface area contributed by atoms with Gasteiger partial charge in [-0.2, -0.15) is 0 Å². The van der Waals surface area contributed by atoms with Crippen molar-refractivity contribution in [2.24, 2.45) is 0 Å². The topological polar surface area (TPSA) is 26.3 Å². The highest BCUT2D eigenvalue weighted by Gasteiger charge is 2.14. The van der Waals surface area contributed by atoms with Gasteiger partial charge in [-0.15, -0.1) is 0 Å². The molecule has 0 fully saturated rings. The van der Waals surface area contributed by atoms with E-state index in [2.05, 4.69) is 0 Å². The number of benzene rings is 1. The maximum absolute atomic E-state index is 11.6. The van der Waals surface area contributed by atoms with Crippen LogP contribution in [-0.4, -0.2) is 12.6 Å². The summed E-state index contributed by atoms with van der Waals surface area (Å²) in [4.78, 5) is 11.6. The Labute approximate surface area is 94.5 Å². The van der Waals surface area contributed by atoms with E-state index in [9.17, 15) is 4.79 Å². The normalized spacial score (nSPS) is 11.3. The summed E-state index contributed by atoms with van der Waals surface area (Å²) >= 11 is 5.99. The molecule has 0 aliphatic heterocycles. The number of carbonyl (C=O) groups is 1. The van der Waals surface area contributed by atoms with Crippen LogP contribution in [0.4, 0.5) is 0 Å². The van der Waals surface area contributed by atoms with Crippen molar-refractivity contribution in [2.75, 3.05) is 6.61 Å². The van der Waals surface area contributed by atoms with E-state index < -0.39 is 0 Å². The van der Waals surface area contributed by atoms with Gasteiger partial charge in [0.1, 0.15) is 0 Å². The summed E-state index contributed by atoms with van der Waals surface area (Å²) in [5.74, 6) is -0.340. The molecule has 0 saturated heterocycles. The maximum Gasteiger partial charge on any atom is 0.338 e. The Morgan fingerprint density at radius 1 is 1.47 bits per heavy atom. The average molecular weight is 225 g/mol. The van der Waals surface area contributed by atoms with E-state index in [1.807, 2.05) is 12.1 Å². The summed E-state index contributed by atoms with van der Waals surface area (Å²) in [6.07, 6.45) is 1.71. The number of hydrogen-bond donors (Lipinski definition) is 0. The van der Waals surface area contributed by atoms with Crippen molar-refractivity contribution in [1.82, 2.24) is 0 Å². The Morgan fingerprint density at radius 3 is 2.67 bits per heavy atom. The molecule has 0 spiro atoms. The second kappa shape index (κ2) is 5.56. The summed E-state index contributed by atoms with van der Waals surface area (Å²) in [7, 11) is 0. The number of allylic oxidation sites excluding steroid dienone is 1. The summed E-state index contributed by atoms with van der Waals surface area (Å²) in [6, 6.07) is 7.21. The fourth-order valence-electron chi connectivity index (χ4n) is 1.27. The van der Waals surface area contributed by atoms with Crippen LogP contribution in [-0.2, 0) is 9.53 Å². The fourth-order valence-corrected chi connectivity index (χ4v) is 1.51. The summed E-state index contributed by atoms with van der Waals surface area (Å²) in [6.45, 7) is 3.92. The quantitative estimate of drug-likeness (QED) is 0.582. The molecule has 0 radical (unpaired) electrons. The minimum Gasteiger partial charge on any atom is -0.462 e. The second-order valence-electron chi connectivity index (χ2n) is 2.90. The van der Waals surface area contributed by atoms with Gasteiger partial charge in [-0.05, 0) is 19.9 Å². The van der Waals surface area contributed by atoms with E-state index >= 15 is 0 Å². The first-order valence-electron chi connectivity index (χ1n) is 4.79. The van der Waals surface area contributed by atoms with Gasteiger partial charge >= 0.3 is 5.97 Å². The molecule has 3 heteroatoms. The van der Waals surface area contributed by atoms with Crippen LogP contribution in [0.15, 0.2) is 30.3 Å². The fraction of sp³-hybridized carbons (Fsp3) is 0.250. The molecule has 0 aliphatic rings. The maximum atomic E-state index is 11.6. The van der Waals surface area contributed by atoms with E-state index in [0.29, 0.717) is 22.8 Å². The van der Waals surface area contributed by atoms with E-state index in [0.717, 1.165) is 0 Å². The van der Waals surface area contributed by atoms with Crippen LogP contribution >= 0.6 is 11.6 Å². The van der Waals surface area contributed by atoms with Gasteiger partial charge in [0.25, 0.3) is 0 Å². The molecule has 0 bridgehead atoms. The molecule has 0 atom stereocenters. The first-order valence-corrected chi connectivity index (χ1v) is 5.16. The minimum atomic E-state index is -0.340. The van der Waals surface area contributed by atoms with Crippen molar-refractivity contribution in [3.05, 3.63) is 40.9 Å². The standard InChI is InChI=1S/C12H13ClO2/c1-3-9(12(14)15-4-2)10-7-5-6-8-11(10)13/h3,5-8H,4H2,1-2H3. The largest absolute Gasteiger partial charge is 0.462 e. The van der Waals surface area contributed by atoms with Crippen LogP contribution in [0, 0.1) is 0 Å². The third-order valence-electron chi connectivity index (χ3n) is 1.95. The molecule has 0 N–H and O–H groups in total. The van der Waals surface area contributed by atoms with Crippen molar-refractivity contribution < 1.29 is 9.53 Å². The SMILES string of the molecule is CC=C(C(=O)OCC)c1ccccc1Cl. The van der Waals surface area contributed by atoms with Crippen molar-refractivity contribution in [3.8, 4) is 0 Å². The average Bonchev–Trinajstić information content (AvgIpc) is 2.22. The summed E-state index contributed by atoms with van der Waals surface area (Å²) < 4.78 is 4.94. The number of ether oxygens (including phenoxy) is 1. The molecule has 1 rings (SSSR count). The molecule has 80 valence electrons. The molecular weight excluding hydrogens is 212 g/mol. The number of carbonyl (C=O) groups excluding carboxylic acids is 1. The molecule has 2 nitrogen and oxygen atoms in total. The molecule has 0 saturated carbocycles. The zero-order chi connectivity index (χ0) is 11.3. The van der Waals surface area contributed by atoms with Crippen molar-refractivity contribution in [2.45, 2.75) is 13.8 Å². The number of esters is 1. The molecule has 1 aromatic rings. The lowest BCUT2D eigenvalue weighted by atomic mass is 10.1. The molecule has 0 aliphatic carbocycles. The van der Waals surface area contributed by atoms with Crippen molar-refractivity contribution >= 4 is 23.1 Å². The predicted octanol–water partition coefficient (Wildman–Crippen LogP) is 3.31. The van der Waals surface area contributed by atoms with Crippen molar-refractivity contribution in [1.29, 1.82) is 0 Å². The van der Waals surface area contributed by atoms with Gasteiger partial charge in [0.2, 0.25) is 0 Å². The Kier molecular flexibility index (Phi) is 4.37. The molecule has 0 unspecified atom stereocenters. The lowest BCUT2D eigenvalue weighted by Gasteiger charge is -2.07. The number of rotatable bonds is 3. The Morgan fingerprint density at radius 2 is 2.13 bits per heavy atom. The highest BCUT2D eigenvalue weighted by molar-refractivity contribution is 6.34. The van der Waals surface area contributed by atoms with E-state index in [1.165, 1.54) is 0 Å². The Balaban J connectivity index is 3.04. The highest BCUT2D eigenvalue weighted by atomic mass is 35.5. The number of halogens is 1. The second-order valence-corrected chi connectivity index (χ2v) is 3.31. The van der Waals surface area contributed by atoms with Crippen LogP contribution in [0.5, 0.6) is 0 Å². The summed E-state index contributed by atoms with van der Waals surface area (Å²) in [5.41, 5.74) is 1.21.